The first kappa shape index (κ1) is 19.3. The van der Waals surface area contributed by atoms with E-state index in [1.54, 1.807) is 19.2 Å². The first-order chi connectivity index (χ1) is 10.9. The van der Waals surface area contributed by atoms with Crippen LogP contribution in [0.1, 0.15) is 45.6 Å². The second-order valence-corrected chi connectivity index (χ2v) is 6.45. The Kier molecular flexibility index (Phi) is 7.90. The lowest BCUT2D eigenvalue weighted by Crippen LogP contribution is -2.26. The van der Waals surface area contributed by atoms with Gasteiger partial charge in [-0.25, -0.2) is 0 Å². The van der Waals surface area contributed by atoms with Crippen molar-refractivity contribution in [1.29, 1.82) is 0 Å². The van der Waals surface area contributed by atoms with Gasteiger partial charge in [0, 0.05) is 0 Å². The number of aromatic hydroxyl groups is 1. The molecule has 1 unspecified atom stereocenters. The second kappa shape index (κ2) is 9.41. The van der Waals surface area contributed by atoms with E-state index < -0.39 is 0 Å². The number of hydrogen-bond acceptors (Lipinski definition) is 3. The molecule has 0 aromatic heterocycles. The molecule has 3 heteroatoms. The van der Waals surface area contributed by atoms with Crippen molar-refractivity contribution in [2.75, 3.05) is 13.7 Å². The third-order valence-corrected chi connectivity index (χ3v) is 3.91. The number of methoxy groups -OCH3 is 1. The number of phenols is 1. The Morgan fingerprint density at radius 2 is 2.09 bits per heavy atom. The zero-order chi connectivity index (χ0) is 17.3. The van der Waals surface area contributed by atoms with E-state index >= 15 is 0 Å². The standard InChI is InChI=1S/C20H30O3/c1-6-20(4,13-7-9-16(2)3)23-14-8-10-17-11-12-18(21)19(15-17)22-5/h6,8,10-12,15-16,21H,1,7,9,13-14H2,2-5H3/b10-8+. The summed E-state index contributed by atoms with van der Waals surface area (Å²) >= 11 is 0. The average molecular weight is 318 g/mol. The average Bonchev–Trinajstić information content (AvgIpc) is 2.52. The predicted octanol–water partition coefficient (Wildman–Crippen LogP) is 5.20. The molecule has 1 aromatic carbocycles. The molecular weight excluding hydrogens is 288 g/mol. The molecule has 0 saturated carbocycles. The van der Waals surface area contributed by atoms with Crippen molar-refractivity contribution < 1.29 is 14.6 Å². The van der Waals surface area contributed by atoms with E-state index in [0.29, 0.717) is 18.3 Å². The molecule has 3 nitrogen and oxygen atoms in total. The Hall–Kier alpha value is -1.74. The van der Waals surface area contributed by atoms with Gasteiger partial charge >= 0.3 is 0 Å². The lowest BCUT2D eigenvalue weighted by Gasteiger charge is -2.26. The molecule has 0 aliphatic rings. The third kappa shape index (κ3) is 6.91. The molecule has 1 aromatic rings. The van der Waals surface area contributed by atoms with Gasteiger partial charge < -0.3 is 14.6 Å². The molecule has 1 rings (SSSR count). The van der Waals surface area contributed by atoms with Crippen LogP contribution in [0.2, 0.25) is 0 Å². The lowest BCUT2D eigenvalue weighted by atomic mass is 9.96. The van der Waals surface area contributed by atoms with Crippen molar-refractivity contribution in [2.45, 2.75) is 45.6 Å². The Balaban J connectivity index is 2.51. The molecule has 1 atom stereocenters. The smallest absolute Gasteiger partial charge is 0.161 e. The summed E-state index contributed by atoms with van der Waals surface area (Å²) in [6, 6.07) is 5.25. The van der Waals surface area contributed by atoms with Crippen molar-refractivity contribution in [3.8, 4) is 11.5 Å². The van der Waals surface area contributed by atoms with Crippen LogP contribution in [0.25, 0.3) is 6.08 Å². The highest BCUT2D eigenvalue weighted by Gasteiger charge is 2.19. The van der Waals surface area contributed by atoms with Gasteiger partial charge in [-0.05, 0) is 37.0 Å². The number of ether oxygens (including phenoxy) is 2. The molecule has 128 valence electrons. The van der Waals surface area contributed by atoms with Gasteiger partial charge in [0.2, 0.25) is 0 Å². The largest absolute Gasteiger partial charge is 0.504 e. The van der Waals surface area contributed by atoms with Crippen LogP contribution in [0.15, 0.2) is 36.9 Å². The van der Waals surface area contributed by atoms with Crippen LogP contribution >= 0.6 is 0 Å². The van der Waals surface area contributed by atoms with Gasteiger partial charge in [-0.2, -0.15) is 0 Å². The minimum Gasteiger partial charge on any atom is -0.504 e. The Labute approximate surface area is 140 Å². The van der Waals surface area contributed by atoms with E-state index in [4.69, 9.17) is 9.47 Å². The highest BCUT2D eigenvalue weighted by molar-refractivity contribution is 5.55. The quantitative estimate of drug-likeness (QED) is 0.602. The van der Waals surface area contributed by atoms with E-state index in [-0.39, 0.29) is 11.4 Å². The lowest BCUT2D eigenvalue weighted by molar-refractivity contribution is 0.0151. The number of phenolic OH excluding ortho intramolecular Hbond substituents is 1. The fourth-order valence-corrected chi connectivity index (χ4v) is 2.32. The van der Waals surface area contributed by atoms with Gasteiger partial charge in [0.15, 0.2) is 11.5 Å². The minimum absolute atomic E-state index is 0.144. The van der Waals surface area contributed by atoms with E-state index in [1.807, 2.05) is 24.3 Å². The first-order valence-electron chi connectivity index (χ1n) is 8.21. The van der Waals surface area contributed by atoms with Gasteiger partial charge in [-0.15, -0.1) is 6.58 Å². The first-order valence-corrected chi connectivity index (χ1v) is 8.21. The van der Waals surface area contributed by atoms with Crippen LogP contribution < -0.4 is 4.74 Å². The monoisotopic (exact) mass is 318 g/mol. The van der Waals surface area contributed by atoms with Crippen molar-refractivity contribution >= 4 is 6.08 Å². The van der Waals surface area contributed by atoms with Crippen LogP contribution in [0, 0.1) is 5.92 Å². The minimum atomic E-state index is -0.286. The van der Waals surface area contributed by atoms with Gasteiger partial charge in [-0.3, -0.25) is 0 Å². The maximum absolute atomic E-state index is 9.58. The summed E-state index contributed by atoms with van der Waals surface area (Å²) in [6.07, 6.45) is 9.14. The van der Waals surface area contributed by atoms with Gasteiger partial charge in [0.05, 0.1) is 19.3 Å². The summed E-state index contributed by atoms with van der Waals surface area (Å²) in [5.41, 5.74) is 0.676. The molecule has 0 radical (unpaired) electrons. The zero-order valence-electron chi connectivity index (χ0n) is 14.8. The van der Waals surface area contributed by atoms with Crippen molar-refractivity contribution in [1.82, 2.24) is 0 Å². The van der Waals surface area contributed by atoms with Gasteiger partial charge in [0.25, 0.3) is 0 Å². The maximum Gasteiger partial charge on any atom is 0.161 e. The summed E-state index contributed by atoms with van der Waals surface area (Å²) in [4.78, 5) is 0. The van der Waals surface area contributed by atoms with Crippen LogP contribution in [-0.4, -0.2) is 24.4 Å². The Morgan fingerprint density at radius 1 is 1.35 bits per heavy atom. The van der Waals surface area contributed by atoms with Crippen LogP contribution in [0.5, 0.6) is 11.5 Å². The SMILES string of the molecule is C=CC(C)(CCCC(C)C)OC/C=C/c1ccc(O)c(OC)c1. The maximum atomic E-state index is 9.58. The molecule has 0 saturated heterocycles. The molecule has 0 spiro atoms. The summed E-state index contributed by atoms with van der Waals surface area (Å²) in [6.45, 7) is 11.0. The molecule has 0 bridgehead atoms. The summed E-state index contributed by atoms with van der Waals surface area (Å²) in [5, 5.41) is 9.58. The number of rotatable bonds is 10. The highest BCUT2D eigenvalue weighted by atomic mass is 16.5. The summed E-state index contributed by atoms with van der Waals surface area (Å²) in [5.74, 6) is 1.33. The van der Waals surface area contributed by atoms with Crippen molar-refractivity contribution in [2.24, 2.45) is 5.92 Å². The third-order valence-electron chi connectivity index (χ3n) is 3.91. The van der Waals surface area contributed by atoms with Crippen molar-refractivity contribution in [3.63, 3.8) is 0 Å². The van der Waals surface area contributed by atoms with Crippen LogP contribution in [-0.2, 0) is 4.74 Å². The Morgan fingerprint density at radius 3 is 2.70 bits per heavy atom. The molecule has 0 amide bonds. The zero-order valence-corrected chi connectivity index (χ0v) is 14.8. The molecule has 0 aliphatic heterocycles. The van der Waals surface area contributed by atoms with Crippen LogP contribution in [0.3, 0.4) is 0 Å². The molecule has 23 heavy (non-hydrogen) atoms. The highest BCUT2D eigenvalue weighted by Crippen LogP contribution is 2.27. The van der Waals surface area contributed by atoms with Crippen molar-refractivity contribution in [3.05, 3.63) is 42.5 Å². The number of benzene rings is 1. The summed E-state index contributed by atoms with van der Waals surface area (Å²) in [7, 11) is 1.54. The molecule has 0 aliphatic carbocycles. The fraction of sp³-hybridized carbons (Fsp3) is 0.500. The molecule has 0 heterocycles. The normalized spacial score (nSPS) is 14.1. The van der Waals surface area contributed by atoms with Gasteiger partial charge in [0.1, 0.15) is 0 Å². The molecular formula is C20H30O3. The molecule has 1 N–H and O–H groups in total. The van der Waals surface area contributed by atoms with Gasteiger partial charge in [-0.1, -0.05) is 51.0 Å². The summed E-state index contributed by atoms with van der Waals surface area (Å²) < 4.78 is 11.1. The Bertz CT molecular complexity index is 520. The number of hydrogen-bond donors (Lipinski definition) is 1. The van der Waals surface area contributed by atoms with E-state index in [1.165, 1.54) is 6.42 Å². The van der Waals surface area contributed by atoms with Crippen LogP contribution in [0.4, 0.5) is 0 Å². The fourth-order valence-electron chi connectivity index (χ4n) is 2.32. The topological polar surface area (TPSA) is 38.7 Å². The van der Waals surface area contributed by atoms with E-state index in [9.17, 15) is 5.11 Å². The predicted molar refractivity (Wildman–Crippen MR) is 96.9 cm³/mol. The van der Waals surface area contributed by atoms with E-state index in [2.05, 4.69) is 27.4 Å². The molecule has 0 fully saturated rings. The van der Waals surface area contributed by atoms with E-state index in [0.717, 1.165) is 18.4 Å². The second-order valence-electron chi connectivity index (χ2n) is 6.45.